The van der Waals surface area contributed by atoms with E-state index in [0.29, 0.717) is 0 Å². The minimum absolute atomic E-state index is 0.449. The van der Waals surface area contributed by atoms with Crippen LogP contribution in [0, 0.1) is 5.92 Å². The minimum Gasteiger partial charge on any atom is -0.449 e. The molecule has 1 amide bonds. The summed E-state index contributed by atoms with van der Waals surface area (Å²) >= 11 is 0. The molecule has 3 rings (SSSR count). The Morgan fingerprint density at radius 3 is 1.74 bits per heavy atom. The monoisotopic (exact) mass is 449 g/mol. The van der Waals surface area contributed by atoms with Crippen molar-refractivity contribution in [3.05, 3.63) is 59.7 Å². The number of fused-ring (bicyclic) bond motifs is 3. The van der Waals surface area contributed by atoms with Crippen LogP contribution >= 0.6 is 0 Å². The summed E-state index contributed by atoms with van der Waals surface area (Å²) in [5.41, 5.74) is 3.13. The summed E-state index contributed by atoms with van der Waals surface area (Å²) in [7, 11) is 0. The zero-order chi connectivity index (χ0) is 23.0. The first kappa shape index (κ1) is 22.6. The molecule has 0 spiro atoms. The van der Waals surface area contributed by atoms with Crippen LogP contribution in [0.25, 0.3) is 11.1 Å². The van der Waals surface area contributed by atoms with Gasteiger partial charge in [0.15, 0.2) is 5.92 Å². The average molecular weight is 449 g/mol. The zero-order valence-electron chi connectivity index (χ0n) is 15.4. The largest absolute Gasteiger partial charge is 0.449 e. The first-order valence-corrected chi connectivity index (χ1v) is 8.85. The van der Waals surface area contributed by atoms with Crippen LogP contribution in [-0.4, -0.2) is 37.1 Å². The second-order valence-corrected chi connectivity index (χ2v) is 6.81. The van der Waals surface area contributed by atoms with Gasteiger partial charge in [-0.3, -0.25) is 4.79 Å². The second kappa shape index (κ2) is 8.20. The van der Waals surface area contributed by atoms with Crippen molar-refractivity contribution in [2.75, 3.05) is 6.61 Å². The highest BCUT2D eigenvalue weighted by Gasteiger charge is 2.63. The van der Waals surface area contributed by atoms with E-state index in [1.165, 1.54) is 0 Å². The van der Waals surface area contributed by atoms with Gasteiger partial charge in [0.05, 0.1) is 0 Å². The summed E-state index contributed by atoms with van der Waals surface area (Å²) in [5.74, 6) is -4.96. The van der Waals surface area contributed by atoms with E-state index in [4.69, 9.17) is 4.74 Å². The number of rotatable bonds is 5. The van der Waals surface area contributed by atoms with E-state index < -0.39 is 49.0 Å². The standard InChI is InChI=1S/C20H14F7NO3/c21-17(29)15(16(19(22,23)24)20(25,26)27)28-18(30)31-9-14-12-7-3-1-5-10(12)11-6-2-4-8-13(11)14/h1-8,14-16H,9H2,(H,28,30)/t15-/m1/s1. The van der Waals surface area contributed by atoms with Crippen molar-refractivity contribution >= 4 is 12.1 Å². The maximum atomic E-state index is 13.1. The lowest BCUT2D eigenvalue weighted by atomic mass is 9.98. The van der Waals surface area contributed by atoms with Crippen LogP contribution < -0.4 is 5.32 Å². The topological polar surface area (TPSA) is 55.4 Å². The number of alkyl halides is 6. The number of carbonyl (C=O) groups is 2. The number of benzene rings is 2. The number of hydrogen-bond acceptors (Lipinski definition) is 3. The van der Waals surface area contributed by atoms with Crippen LogP contribution in [0.15, 0.2) is 48.5 Å². The van der Waals surface area contributed by atoms with E-state index in [2.05, 4.69) is 0 Å². The second-order valence-electron chi connectivity index (χ2n) is 6.81. The quantitative estimate of drug-likeness (QED) is 0.509. The van der Waals surface area contributed by atoms with Gasteiger partial charge >= 0.3 is 24.5 Å². The van der Waals surface area contributed by atoms with Crippen molar-refractivity contribution < 1.29 is 45.1 Å². The Labute approximate surface area is 171 Å². The van der Waals surface area contributed by atoms with Crippen LogP contribution in [0.5, 0.6) is 0 Å². The van der Waals surface area contributed by atoms with E-state index in [9.17, 15) is 40.3 Å². The average Bonchev–Trinajstić information content (AvgIpc) is 2.97. The zero-order valence-corrected chi connectivity index (χ0v) is 15.4. The fourth-order valence-electron chi connectivity index (χ4n) is 3.60. The molecule has 0 radical (unpaired) electrons. The molecule has 2 aromatic carbocycles. The number of alkyl carbamates (subject to hydrolysis) is 1. The van der Waals surface area contributed by atoms with Crippen molar-refractivity contribution in [3.63, 3.8) is 0 Å². The summed E-state index contributed by atoms with van der Waals surface area (Å²) in [6, 6.07) is 7.56. The molecular formula is C20H14F7NO3. The first-order chi connectivity index (χ1) is 14.4. The Kier molecular flexibility index (Phi) is 5.97. The fourth-order valence-corrected chi connectivity index (χ4v) is 3.60. The molecule has 0 heterocycles. The van der Waals surface area contributed by atoms with E-state index in [1.807, 2.05) is 12.1 Å². The van der Waals surface area contributed by atoms with E-state index >= 15 is 0 Å². The Bertz CT molecular complexity index is 928. The van der Waals surface area contributed by atoms with Gasteiger partial charge in [-0.05, 0) is 22.3 Å². The van der Waals surface area contributed by atoms with Crippen LogP contribution in [0.1, 0.15) is 17.0 Å². The summed E-state index contributed by atoms with van der Waals surface area (Å²) in [6.45, 7) is -0.449. The molecule has 2 aromatic rings. The van der Waals surface area contributed by atoms with Gasteiger partial charge in [0, 0.05) is 5.92 Å². The highest BCUT2D eigenvalue weighted by atomic mass is 19.4. The number of carbonyl (C=O) groups excluding carboxylic acids is 2. The lowest BCUT2D eigenvalue weighted by Gasteiger charge is -2.28. The molecule has 0 aliphatic heterocycles. The van der Waals surface area contributed by atoms with Crippen LogP contribution in [0.2, 0.25) is 0 Å². The van der Waals surface area contributed by atoms with Crippen molar-refractivity contribution in [1.29, 1.82) is 0 Å². The van der Waals surface area contributed by atoms with Gasteiger partial charge in [0.1, 0.15) is 12.6 Å². The Morgan fingerprint density at radius 1 is 0.871 bits per heavy atom. The molecule has 31 heavy (non-hydrogen) atoms. The predicted octanol–water partition coefficient (Wildman–Crippen LogP) is 5.13. The summed E-state index contributed by atoms with van der Waals surface area (Å²) < 4.78 is 94.7. The third kappa shape index (κ3) is 4.64. The van der Waals surface area contributed by atoms with E-state index in [-0.39, 0.29) is 0 Å². The summed E-state index contributed by atoms with van der Waals surface area (Å²) in [6.07, 6.45) is -13.8. The molecule has 4 nitrogen and oxygen atoms in total. The number of hydrogen-bond donors (Lipinski definition) is 1. The molecule has 0 fully saturated rings. The van der Waals surface area contributed by atoms with Gasteiger partial charge in [0.25, 0.3) is 0 Å². The van der Waals surface area contributed by atoms with Crippen molar-refractivity contribution in [1.82, 2.24) is 5.32 Å². The Hall–Kier alpha value is -3.11. The first-order valence-electron chi connectivity index (χ1n) is 8.85. The lowest BCUT2D eigenvalue weighted by molar-refractivity contribution is -0.290. The van der Waals surface area contributed by atoms with Crippen LogP contribution in [0.4, 0.5) is 35.5 Å². The number of amides is 1. The third-order valence-corrected chi connectivity index (χ3v) is 4.90. The number of ether oxygens (including phenoxy) is 1. The smallest absolute Gasteiger partial charge is 0.407 e. The van der Waals surface area contributed by atoms with Gasteiger partial charge in [0.2, 0.25) is 0 Å². The maximum absolute atomic E-state index is 13.1. The lowest BCUT2D eigenvalue weighted by Crippen LogP contribution is -2.55. The number of halogens is 7. The highest BCUT2D eigenvalue weighted by molar-refractivity contribution is 5.82. The van der Waals surface area contributed by atoms with Crippen molar-refractivity contribution in [2.24, 2.45) is 5.92 Å². The van der Waals surface area contributed by atoms with Gasteiger partial charge in [-0.1, -0.05) is 48.5 Å². The molecule has 1 aliphatic carbocycles. The molecule has 1 N–H and O–H groups in total. The van der Waals surface area contributed by atoms with E-state index in [0.717, 1.165) is 27.6 Å². The molecular weight excluding hydrogens is 435 g/mol. The van der Waals surface area contributed by atoms with Crippen molar-refractivity contribution in [2.45, 2.75) is 24.3 Å². The highest BCUT2D eigenvalue weighted by Crippen LogP contribution is 2.45. The fraction of sp³-hybridized carbons (Fsp3) is 0.300. The molecule has 1 aliphatic rings. The SMILES string of the molecule is O=C(N[C@@H](C(=O)F)C(C(F)(F)F)C(F)(F)F)OCC1c2ccccc2-c2ccccc21. The predicted molar refractivity (Wildman–Crippen MR) is 93.7 cm³/mol. The Balaban J connectivity index is 1.77. The summed E-state index contributed by atoms with van der Waals surface area (Å²) in [5, 5.41) is 1.08. The molecule has 0 saturated carbocycles. The molecule has 0 unspecified atom stereocenters. The third-order valence-electron chi connectivity index (χ3n) is 4.90. The van der Waals surface area contributed by atoms with Gasteiger partial charge in [-0.25, -0.2) is 4.79 Å². The van der Waals surface area contributed by atoms with E-state index in [1.54, 1.807) is 36.4 Å². The summed E-state index contributed by atoms with van der Waals surface area (Å²) in [4.78, 5) is 22.8. The molecule has 1 atom stereocenters. The van der Waals surface area contributed by atoms with Crippen molar-refractivity contribution in [3.8, 4) is 11.1 Å². The minimum atomic E-state index is -6.03. The van der Waals surface area contributed by atoms with Crippen LogP contribution in [0.3, 0.4) is 0 Å². The van der Waals surface area contributed by atoms with Gasteiger partial charge in [-0.2, -0.15) is 30.7 Å². The molecule has 0 aromatic heterocycles. The maximum Gasteiger partial charge on any atom is 0.407 e. The molecule has 0 bridgehead atoms. The van der Waals surface area contributed by atoms with Crippen LogP contribution in [-0.2, 0) is 9.53 Å². The van der Waals surface area contributed by atoms with Gasteiger partial charge < -0.3 is 10.1 Å². The molecule has 11 heteroatoms. The van der Waals surface area contributed by atoms with Gasteiger partial charge in [-0.15, -0.1) is 0 Å². The normalized spacial score (nSPS) is 14.7. The molecule has 166 valence electrons. The molecule has 0 saturated heterocycles. The number of nitrogens with one attached hydrogen (secondary N) is 1. The Morgan fingerprint density at radius 2 is 1.32 bits per heavy atom.